The smallest absolute Gasteiger partial charge is 0.191 e. The van der Waals surface area contributed by atoms with E-state index in [-0.39, 0.29) is 11.6 Å². The number of benzene rings is 1. The molecule has 0 saturated heterocycles. The Hall–Kier alpha value is -1.95. The normalized spacial score (nSPS) is 16.7. The Bertz CT molecular complexity index is 638. The van der Waals surface area contributed by atoms with E-state index in [1.807, 2.05) is 6.92 Å². The van der Waals surface area contributed by atoms with Crippen LogP contribution in [0.5, 0.6) is 11.5 Å². The molecule has 152 valence electrons. The molecule has 0 saturated carbocycles. The fourth-order valence-electron chi connectivity index (χ4n) is 3.02. The second-order valence-electron chi connectivity index (χ2n) is 7.93. The van der Waals surface area contributed by atoms with Gasteiger partial charge in [0.2, 0.25) is 0 Å². The molecule has 6 heteroatoms. The summed E-state index contributed by atoms with van der Waals surface area (Å²) in [5, 5.41) is 10.1. The molecule has 1 aromatic carbocycles. The van der Waals surface area contributed by atoms with E-state index in [0.29, 0.717) is 13.2 Å². The third-order valence-electron chi connectivity index (χ3n) is 4.20. The Morgan fingerprint density at radius 1 is 1.22 bits per heavy atom. The first-order valence-electron chi connectivity index (χ1n) is 10.0. The van der Waals surface area contributed by atoms with Crippen LogP contribution in [-0.4, -0.2) is 43.8 Å². The first-order valence-corrected chi connectivity index (χ1v) is 10.0. The van der Waals surface area contributed by atoms with Gasteiger partial charge in [-0.05, 0) is 53.7 Å². The largest absolute Gasteiger partial charge is 0.494 e. The maximum atomic E-state index is 5.90. The SMILES string of the molecule is CCNC(=NCc1cc2c(cc1OCC)CC(C)O2)NCCNC(C)(C)C. The van der Waals surface area contributed by atoms with Crippen molar-refractivity contribution in [2.24, 2.45) is 4.99 Å². The Labute approximate surface area is 164 Å². The summed E-state index contributed by atoms with van der Waals surface area (Å²) < 4.78 is 11.8. The van der Waals surface area contributed by atoms with Gasteiger partial charge in [-0.2, -0.15) is 0 Å². The number of nitrogens with zero attached hydrogens (tertiary/aromatic N) is 1. The minimum Gasteiger partial charge on any atom is -0.494 e. The van der Waals surface area contributed by atoms with E-state index in [2.05, 4.69) is 62.7 Å². The second kappa shape index (κ2) is 9.83. The Balaban J connectivity index is 2.04. The minimum atomic E-state index is 0.116. The predicted octanol–water partition coefficient (Wildman–Crippen LogP) is 2.85. The lowest BCUT2D eigenvalue weighted by Gasteiger charge is -2.21. The molecule has 6 nitrogen and oxygen atoms in total. The zero-order valence-corrected chi connectivity index (χ0v) is 17.7. The molecule has 1 atom stereocenters. The molecule has 1 unspecified atom stereocenters. The van der Waals surface area contributed by atoms with E-state index in [9.17, 15) is 0 Å². The van der Waals surface area contributed by atoms with Gasteiger partial charge >= 0.3 is 0 Å². The number of nitrogens with one attached hydrogen (secondary N) is 3. The van der Waals surface area contributed by atoms with Crippen LogP contribution in [0.4, 0.5) is 0 Å². The van der Waals surface area contributed by atoms with Crippen molar-refractivity contribution in [3.63, 3.8) is 0 Å². The predicted molar refractivity (Wildman–Crippen MR) is 112 cm³/mol. The molecule has 1 aliphatic rings. The highest BCUT2D eigenvalue weighted by Gasteiger charge is 2.21. The first kappa shape index (κ1) is 21.4. The fourth-order valence-corrected chi connectivity index (χ4v) is 3.02. The van der Waals surface area contributed by atoms with Crippen LogP contribution in [-0.2, 0) is 13.0 Å². The molecule has 0 radical (unpaired) electrons. The van der Waals surface area contributed by atoms with E-state index in [4.69, 9.17) is 14.5 Å². The number of fused-ring (bicyclic) bond motifs is 1. The molecule has 2 rings (SSSR count). The fraction of sp³-hybridized carbons (Fsp3) is 0.667. The summed E-state index contributed by atoms with van der Waals surface area (Å²) in [5.41, 5.74) is 2.39. The molecule has 0 spiro atoms. The van der Waals surface area contributed by atoms with Gasteiger partial charge in [0.1, 0.15) is 17.6 Å². The molecule has 1 aliphatic heterocycles. The Morgan fingerprint density at radius 2 is 2.00 bits per heavy atom. The summed E-state index contributed by atoms with van der Waals surface area (Å²) >= 11 is 0. The quantitative estimate of drug-likeness (QED) is 0.370. The molecule has 0 aromatic heterocycles. The van der Waals surface area contributed by atoms with Crippen molar-refractivity contribution in [1.82, 2.24) is 16.0 Å². The molecule has 3 N–H and O–H groups in total. The standard InChI is InChI=1S/C21H36N4O2/c1-7-22-20(23-9-10-25-21(4,5)6)24-14-17-13-19-16(11-15(3)27-19)12-18(17)26-8-2/h12-13,15,25H,7-11,14H2,1-6H3,(H2,22,23,24). The Morgan fingerprint density at radius 3 is 2.67 bits per heavy atom. The van der Waals surface area contributed by atoms with Crippen LogP contribution in [0.1, 0.15) is 52.7 Å². The zero-order valence-electron chi connectivity index (χ0n) is 17.7. The number of rotatable bonds is 8. The monoisotopic (exact) mass is 376 g/mol. The highest BCUT2D eigenvalue weighted by Crippen LogP contribution is 2.35. The highest BCUT2D eigenvalue weighted by atomic mass is 16.5. The Kier molecular flexibility index (Phi) is 7.78. The van der Waals surface area contributed by atoms with Gasteiger partial charge in [-0.25, -0.2) is 4.99 Å². The van der Waals surface area contributed by atoms with Gasteiger partial charge in [-0.3, -0.25) is 0 Å². The zero-order chi connectivity index (χ0) is 19.9. The van der Waals surface area contributed by atoms with Crippen molar-refractivity contribution < 1.29 is 9.47 Å². The van der Waals surface area contributed by atoms with Gasteiger partial charge in [-0.15, -0.1) is 0 Å². The minimum absolute atomic E-state index is 0.116. The van der Waals surface area contributed by atoms with E-state index in [0.717, 1.165) is 49.1 Å². The van der Waals surface area contributed by atoms with Gasteiger partial charge in [0, 0.05) is 42.7 Å². The number of hydrogen-bond acceptors (Lipinski definition) is 4. The summed E-state index contributed by atoms with van der Waals surface area (Å²) in [4.78, 5) is 4.74. The van der Waals surface area contributed by atoms with Crippen molar-refractivity contribution in [3.8, 4) is 11.5 Å². The van der Waals surface area contributed by atoms with Crippen LogP contribution in [0.15, 0.2) is 17.1 Å². The summed E-state index contributed by atoms with van der Waals surface area (Å²) in [6.07, 6.45) is 1.16. The molecular formula is C21H36N4O2. The summed E-state index contributed by atoms with van der Waals surface area (Å²) in [5.74, 6) is 2.68. The first-order chi connectivity index (χ1) is 12.8. The van der Waals surface area contributed by atoms with Crippen LogP contribution in [0.25, 0.3) is 0 Å². The summed E-state index contributed by atoms with van der Waals surface area (Å²) in [6, 6.07) is 4.19. The lowest BCUT2D eigenvalue weighted by atomic mass is 10.1. The van der Waals surface area contributed by atoms with E-state index >= 15 is 0 Å². The third-order valence-corrected chi connectivity index (χ3v) is 4.20. The molecule has 27 heavy (non-hydrogen) atoms. The van der Waals surface area contributed by atoms with Crippen molar-refractivity contribution >= 4 is 5.96 Å². The van der Waals surface area contributed by atoms with E-state index in [1.165, 1.54) is 5.56 Å². The van der Waals surface area contributed by atoms with Crippen LogP contribution in [0.2, 0.25) is 0 Å². The average Bonchev–Trinajstić information content (AvgIpc) is 2.94. The van der Waals surface area contributed by atoms with Crippen molar-refractivity contribution in [2.75, 3.05) is 26.2 Å². The number of ether oxygens (including phenoxy) is 2. The summed E-state index contributed by atoms with van der Waals surface area (Å²) in [6.45, 7) is 16.4. The molecule has 1 heterocycles. The van der Waals surface area contributed by atoms with E-state index < -0.39 is 0 Å². The number of guanidine groups is 1. The average molecular weight is 377 g/mol. The van der Waals surface area contributed by atoms with Gasteiger partial charge < -0.3 is 25.4 Å². The number of hydrogen-bond donors (Lipinski definition) is 3. The van der Waals surface area contributed by atoms with E-state index in [1.54, 1.807) is 0 Å². The molecule has 0 bridgehead atoms. The van der Waals surface area contributed by atoms with Crippen molar-refractivity contribution in [3.05, 3.63) is 23.3 Å². The van der Waals surface area contributed by atoms with Crippen LogP contribution >= 0.6 is 0 Å². The van der Waals surface area contributed by atoms with Gasteiger partial charge in [0.25, 0.3) is 0 Å². The third kappa shape index (κ3) is 6.94. The highest BCUT2D eigenvalue weighted by molar-refractivity contribution is 5.79. The molecule has 1 aromatic rings. The molecule has 0 aliphatic carbocycles. The lowest BCUT2D eigenvalue weighted by Crippen LogP contribution is -2.44. The molecular weight excluding hydrogens is 340 g/mol. The lowest BCUT2D eigenvalue weighted by molar-refractivity contribution is 0.254. The van der Waals surface area contributed by atoms with Crippen LogP contribution < -0.4 is 25.4 Å². The maximum absolute atomic E-state index is 5.90. The molecule has 0 amide bonds. The van der Waals surface area contributed by atoms with Crippen molar-refractivity contribution in [1.29, 1.82) is 0 Å². The topological polar surface area (TPSA) is 66.9 Å². The van der Waals surface area contributed by atoms with Crippen LogP contribution in [0, 0.1) is 0 Å². The maximum Gasteiger partial charge on any atom is 0.191 e. The van der Waals surface area contributed by atoms with Gasteiger partial charge in [0.15, 0.2) is 5.96 Å². The molecule has 0 fully saturated rings. The second-order valence-corrected chi connectivity index (χ2v) is 7.93. The summed E-state index contributed by atoms with van der Waals surface area (Å²) in [7, 11) is 0. The number of aliphatic imine (C=N–C) groups is 1. The van der Waals surface area contributed by atoms with Gasteiger partial charge in [-0.1, -0.05) is 0 Å². The van der Waals surface area contributed by atoms with Crippen LogP contribution in [0.3, 0.4) is 0 Å². The van der Waals surface area contributed by atoms with Gasteiger partial charge in [0.05, 0.1) is 13.2 Å². The van der Waals surface area contributed by atoms with Crippen molar-refractivity contribution in [2.45, 2.75) is 66.2 Å².